The van der Waals surface area contributed by atoms with Gasteiger partial charge in [0.1, 0.15) is 10.8 Å². The molecule has 2 N–H and O–H groups in total. The topological polar surface area (TPSA) is 40.5 Å². The molecule has 2 nitrogen and oxygen atoms in total. The number of benzene rings is 1. The Morgan fingerprint density at radius 3 is 2.43 bits per heavy atom. The highest BCUT2D eigenvalue weighted by atomic mass is 35.5. The molecule has 1 aromatic carbocycles. The molecule has 1 aromatic rings. The SMILES string of the molecule is Oc1c(C2(O)CC2)cc(F)c(F)c1Cl. The fourth-order valence-corrected chi connectivity index (χ4v) is 1.52. The fraction of sp³-hybridized carbons (Fsp3) is 0.333. The van der Waals surface area contributed by atoms with Gasteiger partial charge in [0.25, 0.3) is 0 Å². The van der Waals surface area contributed by atoms with Gasteiger partial charge in [-0.2, -0.15) is 0 Å². The van der Waals surface area contributed by atoms with E-state index in [1.165, 1.54) is 0 Å². The summed E-state index contributed by atoms with van der Waals surface area (Å²) in [5.41, 5.74) is -1.27. The quantitative estimate of drug-likeness (QED) is 0.713. The first-order chi connectivity index (χ1) is 6.46. The van der Waals surface area contributed by atoms with E-state index in [-0.39, 0.29) is 5.56 Å². The van der Waals surface area contributed by atoms with Crippen LogP contribution in [-0.4, -0.2) is 10.2 Å². The Morgan fingerprint density at radius 2 is 1.93 bits per heavy atom. The minimum absolute atomic E-state index is 0.0404. The average Bonchev–Trinajstić information content (AvgIpc) is 2.87. The van der Waals surface area contributed by atoms with Crippen LogP contribution in [0.25, 0.3) is 0 Å². The molecule has 1 aliphatic carbocycles. The molecule has 0 bridgehead atoms. The van der Waals surface area contributed by atoms with Crippen LogP contribution in [0.2, 0.25) is 5.02 Å². The molecule has 76 valence electrons. The van der Waals surface area contributed by atoms with Gasteiger partial charge in [-0.05, 0) is 18.9 Å². The number of phenols is 1. The van der Waals surface area contributed by atoms with Crippen molar-refractivity contribution in [2.75, 3.05) is 0 Å². The molecular formula is C9H7ClF2O2. The van der Waals surface area contributed by atoms with Crippen molar-refractivity contribution in [3.63, 3.8) is 0 Å². The van der Waals surface area contributed by atoms with Crippen molar-refractivity contribution in [1.82, 2.24) is 0 Å². The van der Waals surface area contributed by atoms with Crippen molar-refractivity contribution in [3.05, 3.63) is 28.3 Å². The predicted octanol–water partition coefficient (Wildman–Crippen LogP) is 2.31. The fourth-order valence-electron chi connectivity index (χ4n) is 1.33. The van der Waals surface area contributed by atoms with Crippen LogP contribution in [0.1, 0.15) is 18.4 Å². The van der Waals surface area contributed by atoms with Gasteiger partial charge >= 0.3 is 0 Å². The van der Waals surface area contributed by atoms with Gasteiger partial charge in [-0.25, -0.2) is 8.78 Å². The van der Waals surface area contributed by atoms with E-state index in [1.807, 2.05) is 0 Å². The smallest absolute Gasteiger partial charge is 0.181 e. The maximum atomic E-state index is 12.9. The Kier molecular flexibility index (Phi) is 1.94. The lowest BCUT2D eigenvalue weighted by molar-refractivity contribution is 0.147. The molecule has 14 heavy (non-hydrogen) atoms. The van der Waals surface area contributed by atoms with Gasteiger partial charge in [0, 0.05) is 5.56 Å². The van der Waals surface area contributed by atoms with Crippen molar-refractivity contribution in [2.24, 2.45) is 0 Å². The average molecular weight is 221 g/mol. The molecule has 0 unspecified atom stereocenters. The largest absolute Gasteiger partial charge is 0.506 e. The van der Waals surface area contributed by atoms with E-state index in [0.717, 1.165) is 6.07 Å². The van der Waals surface area contributed by atoms with E-state index in [0.29, 0.717) is 12.8 Å². The van der Waals surface area contributed by atoms with Crippen molar-refractivity contribution in [1.29, 1.82) is 0 Å². The maximum Gasteiger partial charge on any atom is 0.181 e. The number of phenolic OH excluding ortho intramolecular Hbond substituents is 1. The van der Waals surface area contributed by atoms with Crippen molar-refractivity contribution in [2.45, 2.75) is 18.4 Å². The zero-order valence-electron chi connectivity index (χ0n) is 7.02. The summed E-state index contributed by atoms with van der Waals surface area (Å²) in [6.07, 6.45) is 0.837. The summed E-state index contributed by atoms with van der Waals surface area (Å²) in [5.74, 6) is -3.04. The minimum atomic E-state index is -1.29. The number of aliphatic hydroxyl groups is 1. The van der Waals surface area contributed by atoms with Crippen LogP contribution < -0.4 is 0 Å². The molecule has 2 rings (SSSR count). The number of hydrogen-bond acceptors (Lipinski definition) is 2. The number of rotatable bonds is 1. The summed E-state index contributed by atoms with van der Waals surface area (Å²) in [7, 11) is 0. The summed E-state index contributed by atoms with van der Waals surface area (Å²) in [4.78, 5) is 0. The summed E-state index contributed by atoms with van der Waals surface area (Å²) in [6, 6.07) is 0.781. The van der Waals surface area contributed by atoms with Crippen molar-refractivity contribution in [3.8, 4) is 5.75 Å². The molecule has 0 heterocycles. The van der Waals surface area contributed by atoms with E-state index in [2.05, 4.69) is 0 Å². The first kappa shape index (κ1) is 9.68. The monoisotopic (exact) mass is 220 g/mol. The van der Waals surface area contributed by atoms with Crippen LogP contribution in [-0.2, 0) is 5.60 Å². The van der Waals surface area contributed by atoms with Gasteiger partial charge < -0.3 is 10.2 Å². The third kappa shape index (κ3) is 1.26. The summed E-state index contributed by atoms with van der Waals surface area (Å²) >= 11 is 5.35. The zero-order valence-corrected chi connectivity index (χ0v) is 7.78. The van der Waals surface area contributed by atoms with Gasteiger partial charge in [0.05, 0.1) is 5.60 Å². The van der Waals surface area contributed by atoms with Crippen LogP contribution in [0.4, 0.5) is 8.78 Å². The minimum Gasteiger partial charge on any atom is -0.506 e. The molecule has 0 aliphatic heterocycles. The second-order valence-corrected chi connectivity index (χ2v) is 3.79. The molecular weight excluding hydrogens is 214 g/mol. The standard InChI is InChI=1S/C9H7ClF2O2/c10-6-7(12)5(11)3-4(8(6)13)9(14)1-2-9/h3,13-14H,1-2H2. The number of hydrogen-bond donors (Lipinski definition) is 2. The molecule has 1 saturated carbocycles. The van der Waals surface area contributed by atoms with E-state index in [4.69, 9.17) is 11.6 Å². The summed E-state index contributed by atoms with van der Waals surface area (Å²) < 4.78 is 25.7. The Balaban J connectivity index is 2.62. The molecule has 0 saturated heterocycles. The molecule has 0 aromatic heterocycles. The highest BCUT2D eigenvalue weighted by molar-refractivity contribution is 6.32. The lowest BCUT2D eigenvalue weighted by Gasteiger charge is -2.12. The van der Waals surface area contributed by atoms with Crippen molar-refractivity contribution < 1.29 is 19.0 Å². The van der Waals surface area contributed by atoms with Crippen LogP contribution >= 0.6 is 11.6 Å². The summed E-state index contributed by atoms with van der Waals surface area (Å²) in [6.45, 7) is 0. The number of halogens is 3. The number of aromatic hydroxyl groups is 1. The normalized spacial score (nSPS) is 18.3. The predicted molar refractivity (Wildman–Crippen MR) is 46.2 cm³/mol. The molecule has 0 spiro atoms. The van der Waals surface area contributed by atoms with Crippen LogP contribution in [0.15, 0.2) is 6.07 Å². The highest BCUT2D eigenvalue weighted by Gasteiger charge is 2.45. The Morgan fingerprint density at radius 1 is 1.36 bits per heavy atom. The third-order valence-corrected chi connectivity index (χ3v) is 2.71. The molecule has 0 radical (unpaired) electrons. The van der Waals surface area contributed by atoms with Gasteiger partial charge in [-0.1, -0.05) is 11.6 Å². The third-order valence-electron chi connectivity index (χ3n) is 2.36. The van der Waals surface area contributed by atoms with Crippen LogP contribution in [0.5, 0.6) is 5.75 Å². The highest BCUT2D eigenvalue weighted by Crippen LogP contribution is 2.50. The van der Waals surface area contributed by atoms with E-state index in [1.54, 1.807) is 0 Å². The molecule has 1 fully saturated rings. The van der Waals surface area contributed by atoms with Gasteiger partial charge in [-0.3, -0.25) is 0 Å². The second kappa shape index (κ2) is 2.81. The molecule has 5 heteroatoms. The first-order valence-electron chi connectivity index (χ1n) is 4.05. The molecule has 0 amide bonds. The molecule has 0 atom stereocenters. The lowest BCUT2D eigenvalue weighted by Crippen LogP contribution is -2.06. The van der Waals surface area contributed by atoms with Crippen molar-refractivity contribution >= 4 is 11.6 Å². The van der Waals surface area contributed by atoms with Gasteiger partial charge in [0.2, 0.25) is 0 Å². The van der Waals surface area contributed by atoms with Crippen LogP contribution in [0, 0.1) is 11.6 Å². The zero-order chi connectivity index (χ0) is 10.5. The second-order valence-electron chi connectivity index (χ2n) is 3.41. The van der Waals surface area contributed by atoms with E-state index in [9.17, 15) is 19.0 Å². The van der Waals surface area contributed by atoms with Crippen LogP contribution in [0.3, 0.4) is 0 Å². The lowest BCUT2D eigenvalue weighted by atomic mass is 10.1. The van der Waals surface area contributed by atoms with Gasteiger partial charge in [-0.15, -0.1) is 0 Å². The Hall–Kier alpha value is -0.870. The Labute approximate surface area is 83.7 Å². The first-order valence-corrected chi connectivity index (χ1v) is 4.43. The van der Waals surface area contributed by atoms with E-state index < -0.39 is 28.0 Å². The molecule has 1 aliphatic rings. The van der Waals surface area contributed by atoms with Gasteiger partial charge in [0.15, 0.2) is 11.6 Å². The van der Waals surface area contributed by atoms with E-state index >= 15 is 0 Å². The summed E-state index contributed by atoms with van der Waals surface area (Å²) in [5, 5.41) is 18.3. The maximum absolute atomic E-state index is 12.9. The Bertz CT molecular complexity index is 402.